The molecule has 0 aliphatic carbocycles. The molecule has 0 aliphatic rings. The van der Waals surface area contributed by atoms with Crippen molar-refractivity contribution in [3.63, 3.8) is 0 Å². The monoisotopic (exact) mass is 238 g/mol. The van der Waals surface area contributed by atoms with Gasteiger partial charge in [0.15, 0.2) is 0 Å². The minimum atomic E-state index is -0.1000. The fraction of sp³-hybridized carbons (Fsp3) is 0. The van der Waals surface area contributed by atoms with Crippen LogP contribution in [0.1, 0.15) is 2.85 Å². The van der Waals surface area contributed by atoms with Gasteiger partial charge in [0.05, 0.1) is 0 Å². The molecule has 1 nitrogen and oxygen atoms in total. The van der Waals surface area contributed by atoms with Crippen LogP contribution in [0.15, 0.2) is 0 Å². The van der Waals surface area contributed by atoms with Crippen molar-refractivity contribution in [2.75, 3.05) is 0 Å². The van der Waals surface area contributed by atoms with Crippen LogP contribution in [0.4, 0.5) is 0 Å². The van der Waals surface area contributed by atoms with E-state index >= 15 is 0 Å². The van der Waals surface area contributed by atoms with Crippen molar-refractivity contribution in [1.29, 1.82) is 0 Å². The molecule has 0 aliphatic heterocycles. The molecular weight excluding hydrogens is 236 g/mol. The van der Waals surface area contributed by atoms with Crippen LogP contribution in [0.5, 0.6) is 0 Å². The zero-order valence-corrected chi connectivity index (χ0v) is 11.7. The molecule has 0 aromatic rings. The Kier molecular flexibility index (Phi) is 70.7. The molecule has 0 rings (SSSR count). The van der Waals surface area contributed by atoms with Gasteiger partial charge in [-0.05, 0) is 0 Å². The average Bonchev–Trinajstić information content (AvgIpc) is 1.00. The Morgan fingerprint density at radius 3 is 1.50 bits per heavy atom. The molecular formula is H3CaInOZn. The van der Waals surface area contributed by atoms with Crippen molar-refractivity contribution < 1.29 is 25.2 Å². The number of hydrogen-bond acceptors (Lipinski definition) is 1. The van der Waals surface area contributed by atoms with Gasteiger partial charge in [-0.3, -0.25) is 0 Å². The quantitative estimate of drug-likeness (QED) is 0.499. The largest absolute Gasteiger partial charge is 0 e. The molecule has 0 spiro atoms. The van der Waals surface area contributed by atoms with Crippen LogP contribution in [0.3, 0.4) is 0 Å². The summed E-state index contributed by atoms with van der Waals surface area (Å²) in [6.45, 7) is 0. The van der Waals surface area contributed by atoms with Crippen LogP contribution in [-0.2, 0) is 22.3 Å². The summed E-state index contributed by atoms with van der Waals surface area (Å²) in [4.78, 5) is 0. The minimum Gasteiger partial charge on any atom is 0 e. The summed E-state index contributed by atoms with van der Waals surface area (Å²) >= 11 is -0.1000. The van der Waals surface area contributed by atoms with Gasteiger partial charge in [0.1, 0.15) is 0 Å². The first-order valence-electron chi connectivity index (χ1n) is 0.289. The Morgan fingerprint density at radius 2 is 1.50 bits per heavy atom. The van der Waals surface area contributed by atoms with E-state index in [1.165, 1.54) is 0 Å². The van der Waals surface area contributed by atoms with E-state index in [-0.39, 0.29) is 84.4 Å². The molecule has 4 heteroatoms. The van der Waals surface area contributed by atoms with Crippen molar-refractivity contribution in [2.24, 2.45) is 0 Å². The Hall–Kier alpha value is 2.55. The average molecular weight is 239 g/mol. The Labute approximate surface area is 85.6 Å². The summed E-state index contributed by atoms with van der Waals surface area (Å²) < 4.78 is 8.42. The Bertz CT molecular complexity index is 13.5. The van der Waals surface area contributed by atoms with E-state index in [1.54, 1.807) is 0 Å². The van der Waals surface area contributed by atoms with Gasteiger partial charge in [-0.2, -0.15) is 0 Å². The first-order valence-corrected chi connectivity index (χ1v) is 1.94. The third-order valence-corrected chi connectivity index (χ3v) is 0. The molecule has 0 saturated carbocycles. The Morgan fingerprint density at radius 1 is 1.50 bits per heavy atom. The van der Waals surface area contributed by atoms with Gasteiger partial charge < -0.3 is 2.85 Å². The van der Waals surface area contributed by atoms with Gasteiger partial charge in [-0.1, -0.05) is 0 Å². The van der Waals surface area contributed by atoms with Crippen LogP contribution in [0, 0.1) is 0 Å². The van der Waals surface area contributed by atoms with Crippen LogP contribution in [0.25, 0.3) is 0 Å². The standard InChI is InChI=1S/Ca.In.O.Zn.3H/q+2;;;;;2*-1. The van der Waals surface area contributed by atoms with Crippen molar-refractivity contribution in [2.45, 2.75) is 0 Å². The first-order chi connectivity index (χ1) is 1.00. The summed E-state index contributed by atoms with van der Waals surface area (Å²) in [6.07, 6.45) is 0. The zero-order chi connectivity index (χ0) is 2.00. The minimum absolute atomic E-state index is 0. The number of hydrogen-bond donors (Lipinski definition) is 0. The normalized spacial score (nSPS) is 0.750. The molecule has 0 heterocycles. The molecule has 0 unspecified atom stereocenters. The van der Waals surface area contributed by atoms with Gasteiger partial charge >= 0.3 is 65.0 Å². The van der Waals surface area contributed by atoms with Gasteiger partial charge in [0.2, 0.25) is 0 Å². The van der Waals surface area contributed by atoms with Gasteiger partial charge in [-0.25, -0.2) is 0 Å². The summed E-state index contributed by atoms with van der Waals surface area (Å²) in [5.41, 5.74) is 0. The second-order valence-corrected chi connectivity index (χ2v) is 0. The van der Waals surface area contributed by atoms with Gasteiger partial charge in [0, 0.05) is 19.5 Å². The van der Waals surface area contributed by atoms with E-state index in [0.29, 0.717) is 0 Å². The van der Waals surface area contributed by atoms with E-state index < -0.39 is 0 Å². The predicted octanol–water partition coefficient (Wildman–Crippen LogP) is -0.926. The van der Waals surface area contributed by atoms with E-state index in [0.717, 1.165) is 0 Å². The van der Waals surface area contributed by atoms with Crippen molar-refractivity contribution in [3.8, 4) is 0 Å². The summed E-state index contributed by atoms with van der Waals surface area (Å²) in [6, 6.07) is 0. The molecule has 0 saturated heterocycles. The maximum Gasteiger partial charge on any atom is 0 e. The van der Waals surface area contributed by atoms with Crippen LogP contribution in [-0.4, -0.2) is 62.1 Å². The maximum absolute atomic E-state index is 8.42. The van der Waals surface area contributed by atoms with Gasteiger partial charge in [-0.15, -0.1) is 0 Å². The molecule has 0 N–H and O–H groups in total. The molecule has 0 atom stereocenters. The third-order valence-electron chi connectivity index (χ3n) is 0. The molecule has 16 valence electrons. The van der Waals surface area contributed by atoms with Crippen LogP contribution in [0.2, 0.25) is 0 Å². The van der Waals surface area contributed by atoms with Crippen molar-refractivity contribution in [1.82, 2.24) is 0 Å². The van der Waals surface area contributed by atoms with E-state index in [9.17, 15) is 0 Å². The summed E-state index contributed by atoms with van der Waals surface area (Å²) in [5.74, 6) is 0. The topological polar surface area (TPSA) is 17.1 Å². The first kappa shape index (κ1) is 16.0. The number of rotatable bonds is 0. The molecule has 0 aromatic carbocycles. The fourth-order valence-electron chi connectivity index (χ4n) is 0. The van der Waals surface area contributed by atoms with E-state index in [4.69, 9.17) is 2.85 Å². The molecule has 0 radical (unpaired) electrons. The molecule has 0 aromatic heterocycles. The molecule has 0 fully saturated rings. The van der Waals surface area contributed by atoms with E-state index in [1.807, 2.05) is 0 Å². The smallest absolute Gasteiger partial charge is 0 e. The fourth-order valence-corrected chi connectivity index (χ4v) is 0. The summed E-state index contributed by atoms with van der Waals surface area (Å²) in [7, 11) is 0. The summed E-state index contributed by atoms with van der Waals surface area (Å²) in [5, 5.41) is 0. The maximum atomic E-state index is 8.42. The SMILES string of the molecule is [Ca+2].[H-].[H-].[O]=[InH].[Zn]. The second-order valence-electron chi connectivity index (χ2n) is 0. The van der Waals surface area contributed by atoms with Crippen LogP contribution < -0.4 is 0 Å². The second kappa shape index (κ2) is 17.7. The Balaban J connectivity index is -0.000000000833. The molecule has 4 heavy (non-hydrogen) atoms. The third kappa shape index (κ3) is 8.82. The molecule has 0 amide bonds. The van der Waals surface area contributed by atoms with Crippen molar-refractivity contribution >= 4 is 62.1 Å². The predicted molar refractivity (Wildman–Crippen MR) is 15.8 cm³/mol. The zero-order valence-electron chi connectivity index (χ0n) is 4.53. The molecule has 0 bridgehead atoms. The van der Waals surface area contributed by atoms with E-state index in [2.05, 4.69) is 0 Å². The van der Waals surface area contributed by atoms with Crippen LogP contribution >= 0.6 is 0 Å². The van der Waals surface area contributed by atoms with Gasteiger partial charge in [0.25, 0.3) is 0 Å². The van der Waals surface area contributed by atoms with Crippen molar-refractivity contribution in [3.05, 3.63) is 0 Å².